The summed E-state index contributed by atoms with van der Waals surface area (Å²) < 4.78 is 0. The van der Waals surface area contributed by atoms with Crippen molar-refractivity contribution >= 4 is 22.5 Å². The van der Waals surface area contributed by atoms with Gasteiger partial charge in [-0.2, -0.15) is 0 Å². The molecule has 1 aromatic heterocycles. The Morgan fingerprint density at radius 2 is 1.80 bits per heavy atom. The van der Waals surface area contributed by atoms with Gasteiger partial charge >= 0.3 is 0 Å². The summed E-state index contributed by atoms with van der Waals surface area (Å²) in [7, 11) is 0. The zero-order valence-electron chi connectivity index (χ0n) is 14.8. The molecule has 0 aliphatic heterocycles. The Morgan fingerprint density at radius 3 is 2.56 bits per heavy atom. The lowest BCUT2D eigenvalue weighted by Crippen LogP contribution is -2.14. The lowest BCUT2D eigenvalue weighted by Gasteiger charge is -2.19. The van der Waals surface area contributed by atoms with Crippen molar-refractivity contribution in [3.05, 3.63) is 71.9 Å². The molecule has 0 spiro atoms. The van der Waals surface area contributed by atoms with Crippen LogP contribution in [0.15, 0.2) is 60.8 Å². The van der Waals surface area contributed by atoms with Crippen LogP contribution in [0.4, 0.5) is 5.69 Å². The van der Waals surface area contributed by atoms with E-state index in [2.05, 4.69) is 30.2 Å². The maximum atomic E-state index is 12.6. The van der Waals surface area contributed by atoms with E-state index in [1.807, 2.05) is 48.5 Å². The number of pyridine rings is 1. The van der Waals surface area contributed by atoms with Gasteiger partial charge in [0.05, 0.1) is 17.4 Å². The number of amides is 1. The number of nitrogens with zero attached hydrogens (tertiary/aromatic N) is 1. The van der Waals surface area contributed by atoms with Crippen LogP contribution in [0.2, 0.25) is 0 Å². The third-order valence-electron chi connectivity index (χ3n) is 4.58. The number of fused-ring (bicyclic) bond motifs is 1. The van der Waals surface area contributed by atoms with Crippen molar-refractivity contribution in [2.75, 3.05) is 5.32 Å². The van der Waals surface area contributed by atoms with Crippen LogP contribution >= 0.6 is 0 Å². The van der Waals surface area contributed by atoms with Gasteiger partial charge in [-0.05, 0) is 36.1 Å². The number of para-hydroxylation sites is 1. The van der Waals surface area contributed by atoms with Gasteiger partial charge in [0, 0.05) is 10.9 Å². The fourth-order valence-corrected chi connectivity index (χ4v) is 3.23. The van der Waals surface area contributed by atoms with E-state index >= 15 is 0 Å². The molecule has 2 aromatic carbocycles. The topological polar surface area (TPSA) is 42.0 Å². The molecule has 3 heteroatoms. The zero-order chi connectivity index (χ0) is 17.6. The van der Waals surface area contributed by atoms with Crippen molar-refractivity contribution in [2.24, 2.45) is 0 Å². The maximum absolute atomic E-state index is 12.6. The van der Waals surface area contributed by atoms with E-state index < -0.39 is 0 Å². The summed E-state index contributed by atoms with van der Waals surface area (Å²) in [5, 5.41) is 4.20. The van der Waals surface area contributed by atoms with Gasteiger partial charge in [0.1, 0.15) is 0 Å². The molecule has 0 saturated carbocycles. The van der Waals surface area contributed by atoms with E-state index in [-0.39, 0.29) is 5.91 Å². The molecule has 1 amide bonds. The standard InChI is InChI=1S/C22H24N2O/c1-3-4-10-16(2)21-18-13-8-9-14-19(18)23-15-20(21)24-22(25)17-11-6-5-7-12-17/h5-9,11-16H,3-4,10H2,1-2H3,(H,24,25). The molecule has 3 nitrogen and oxygen atoms in total. The minimum Gasteiger partial charge on any atom is -0.320 e. The van der Waals surface area contributed by atoms with Gasteiger partial charge in [0.25, 0.3) is 5.91 Å². The number of unbranched alkanes of at least 4 members (excludes halogenated alkanes) is 1. The molecule has 0 aliphatic rings. The molecule has 1 unspecified atom stereocenters. The monoisotopic (exact) mass is 332 g/mol. The Morgan fingerprint density at radius 1 is 1.08 bits per heavy atom. The second kappa shape index (κ2) is 7.93. The summed E-state index contributed by atoms with van der Waals surface area (Å²) in [5.41, 5.74) is 3.63. The number of hydrogen-bond acceptors (Lipinski definition) is 2. The molecule has 0 radical (unpaired) electrons. The van der Waals surface area contributed by atoms with Crippen molar-refractivity contribution in [2.45, 2.75) is 39.0 Å². The molecule has 0 aliphatic carbocycles. The average Bonchev–Trinajstić information content (AvgIpc) is 2.66. The van der Waals surface area contributed by atoms with Gasteiger partial charge in [0.2, 0.25) is 0 Å². The van der Waals surface area contributed by atoms with Crippen LogP contribution in [0.25, 0.3) is 10.9 Å². The zero-order valence-corrected chi connectivity index (χ0v) is 14.8. The lowest BCUT2D eigenvalue weighted by atomic mass is 9.91. The summed E-state index contributed by atoms with van der Waals surface area (Å²) in [4.78, 5) is 17.1. The number of anilines is 1. The number of benzene rings is 2. The SMILES string of the molecule is CCCCC(C)c1c(NC(=O)c2ccccc2)cnc2ccccc12. The van der Waals surface area contributed by atoms with Crippen LogP contribution in [0.5, 0.6) is 0 Å². The predicted molar refractivity (Wildman–Crippen MR) is 104 cm³/mol. The Labute approximate surface area is 149 Å². The normalized spacial score (nSPS) is 12.1. The van der Waals surface area contributed by atoms with E-state index in [1.54, 1.807) is 6.20 Å². The summed E-state index contributed by atoms with van der Waals surface area (Å²) in [5.74, 6) is 0.264. The van der Waals surface area contributed by atoms with Gasteiger partial charge < -0.3 is 5.32 Å². The molecule has 0 saturated heterocycles. The van der Waals surface area contributed by atoms with Crippen molar-refractivity contribution in [3.63, 3.8) is 0 Å². The molecule has 1 heterocycles. The van der Waals surface area contributed by atoms with Crippen LogP contribution in [0.1, 0.15) is 54.9 Å². The summed E-state index contributed by atoms with van der Waals surface area (Å²) >= 11 is 0. The van der Waals surface area contributed by atoms with Crippen LogP contribution in [-0.4, -0.2) is 10.9 Å². The highest BCUT2D eigenvalue weighted by atomic mass is 16.1. The van der Waals surface area contributed by atoms with Crippen LogP contribution in [0.3, 0.4) is 0 Å². The molecule has 1 atom stereocenters. The number of nitrogens with one attached hydrogen (secondary N) is 1. The van der Waals surface area contributed by atoms with Gasteiger partial charge in [-0.15, -0.1) is 0 Å². The molecule has 25 heavy (non-hydrogen) atoms. The highest BCUT2D eigenvalue weighted by Crippen LogP contribution is 2.34. The first-order chi connectivity index (χ1) is 12.2. The van der Waals surface area contributed by atoms with Gasteiger partial charge in [-0.1, -0.05) is 63.1 Å². The van der Waals surface area contributed by atoms with E-state index in [0.717, 1.165) is 23.0 Å². The summed E-state index contributed by atoms with van der Waals surface area (Å²) in [6.07, 6.45) is 5.22. The van der Waals surface area contributed by atoms with Crippen molar-refractivity contribution in [3.8, 4) is 0 Å². The second-order valence-electron chi connectivity index (χ2n) is 6.47. The largest absolute Gasteiger partial charge is 0.320 e. The van der Waals surface area contributed by atoms with E-state index in [0.29, 0.717) is 11.5 Å². The predicted octanol–water partition coefficient (Wildman–Crippen LogP) is 5.78. The van der Waals surface area contributed by atoms with Crippen molar-refractivity contribution in [1.82, 2.24) is 4.98 Å². The minimum atomic E-state index is -0.0957. The first-order valence-corrected chi connectivity index (χ1v) is 8.94. The first kappa shape index (κ1) is 17.2. The third kappa shape index (κ3) is 3.87. The van der Waals surface area contributed by atoms with Crippen LogP contribution in [0, 0.1) is 0 Å². The van der Waals surface area contributed by atoms with E-state index in [9.17, 15) is 4.79 Å². The fourth-order valence-electron chi connectivity index (χ4n) is 3.23. The van der Waals surface area contributed by atoms with Crippen LogP contribution < -0.4 is 5.32 Å². The van der Waals surface area contributed by atoms with E-state index in [4.69, 9.17) is 0 Å². The van der Waals surface area contributed by atoms with Crippen molar-refractivity contribution < 1.29 is 4.79 Å². The molecule has 1 N–H and O–H groups in total. The maximum Gasteiger partial charge on any atom is 0.255 e. The molecule has 0 fully saturated rings. The number of carbonyl (C=O) groups excluding carboxylic acids is 1. The van der Waals surface area contributed by atoms with Gasteiger partial charge in [-0.25, -0.2) is 0 Å². The number of carbonyl (C=O) groups is 1. The van der Waals surface area contributed by atoms with Gasteiger partial charge in [-0.3, -0.25) is 9.78 Å². The third-order valence-corrected chi connectivity index (χ3v) is 4.58. The highest BCUT2D eigenvalue weighted by Gasteiger charge is 2.17. The minimum absolute atomic E-state index is 0.0957. The first-order valence-electron chi connectivity index (χ1n) is 8.94. The molecule has 3 aromatic rings. The number of aromatic nitrogens is 1. The fraction of sp³-hybridized carbons (Fsp3) is 0.273. The summed E-state index contributed by atoms with van der Waals surface area (Å²) in [6, 6.07) is 17.4. The molecular weight excluding hydrogens is 308 g/mol. The van der Waals surface area contributed by atoms with Gasteiger partial charge in [0.15, 0.2) is 0 Å². The Balaban J connectivity index is 2.00. The van der Waals surface area contributed by atoms with Crippen LogP contribution in [-0.2, 0) is 0 Å². The molecule has 3 rings (SSSR count). The number of rotatable bonds is 6. The Kier molecular flexibility index (Phi) is 5.44. The lowest BCUT2D eigenvalue weighted by molar-refractivity contribution is 0.102. The Hall–Kier alpha value is -2.68. The molecule has 0 bridgehead atoms. The van der Waals surface area contributed by atoms with E-state index in [1.165, 1.54) is 18.4 Å². The molecule has 128 valence electrons. The Bertz CT molecular complexity index is 858. The number of hydrogen-bond donors (Lipinski definition) is 1. The quantitative estimate of drug-likeness (QED) is 0.621. The second-order valence-corrected chi connectivity index (χ2v) is 6.47. The smallest absolute Gasteiger partial charge is 0.255 e. The summed E-state index contributed by atoms with van der Waals surface area (Å²) in [6.45, 7) is 4.44. The van der Waals surface area contributed by atoms with Crippen molar-refractivity contribution in [1.29, 1.82) is 0 Å². The highest BCUT2D eigenvalue weighted by molar-refractivity contribution is 6.05. The average molecular weight is 332 g/mol. The molecular formula is C22H24N2O.